The van der Waals surface area contributed by atoms with Gasteiger partial charge in [-0.25, -0.2) is 4.98 Å². The molecule has 3 rings (SSSR count). The van der Waals surface area contributed by atoms with Crippen molar-refractivity contribution >= 4 is 0 Å². The Morgan fingerprint density at radius 1 is 1.33 bits per heavy atom. The van der Waals surface area contributed by atoms with Gasteiger partial charge in [0.15, 0.2) is 11.5 Å². The van der Waals surface area contributed by atoms with Gasteiger partial charge < -0.3 is 19.8 Å². The lowest BCUT2D eigenvalue weighted by atomic mass is 10.1. The molecule has 1 aromatic heterocycles. The zero-order valence-corrected chi connectivity index (χ0v) is 10.4. The molecule has 2 heterocycles. The summed E-state index contributed by atoms with van der Waals surface area (Å²) in [4.78, 5) is 4.46. The molecule has 0 bridgehead atoms. The smallest absolute Gasteiger partial charge is 0.231 e. The second-order valence-corrected chi connectivity index (χ2v) is 4.29. The third kappa shape index (κ3) is 1.55. The Labute approximate surface area is 105 Å². The molecule has 0 saturated carbocycles. The molecule has 2 N–H and O–H groups in total. The Morgan fingerprint density at radius 3 is 2.89 bits per heavy atom. The molecule has 0 saturated heterocycles. The molecule has 5 heteroatoms. The minimum atomic E-state index is 0.285. The molecule has 18 heavy (non-hydrogen) atoms. The van der Waals surface area contributed by atoms with Crippen LogP contribution in [0.5, 0.6) is 11.5 Å². The first-order valence-corrected chi connectivity index (χ1v) is 5.83. The van der Waals surface area contributed by atoms with Gasteiger partial charge in [-0.15, -0.1) is 0 Å². The molecule has 5 nitrogen and oxygen atoms in total. The Kier molecular flexibility index (Phi) is 2.48. The van der Waals surface area contributed by atoms with Crippen molar-refractivity contribution in [3.8, 4) is 22.8 Å². The molecule has 0 fully saturated rings. The summed E-state index contributed by atoms with van der Waals surface area (Å²) in [5.74, 6) is 2.50. The minimum absolute atomic E-state index is 0.285. The van der Waals surface area contributed by atoms with Crippen LogP contribution in [-0.2, 0) is 13.6 Å². The van der Waals surface area contributed by atoms with Gasteiger partial charge in [0.1, 0.15) is 5.82 Å². The highest BCUT2D eigenvalue weighted by atomic mass is 16.7. The van der Waals surface area contributed by atoms with Gasteiger partial charge in [0.2, 0.25) is 6.79 Å². The highest BCUT2D eigenvalue weighted by Gasteiger charge is 2.18. The van der Waals surface area contributed by atoms with E-state index in [0.717, 1.165) is 34.3 Å². The van der Waals surface area contributed by atoms with E-state index >= 15 is 0 Å². The van der Waals surface area contributed by atoms with Gasteiger partial charge >= 0.3 is 0 Å². The summed E-state index contributed by atoms with van der Waals surface area (Å²) >= 11 is 0. The molecule has 0 amide bonds. The van der Waals surface area contributed by atoms with E-state index in [4.69, 9.17) is 15.2 Å². The Bertz CT molecular complexity index is 605. The Hall–Kier alpha value is -2.01. The van der Waals surface area contributed by atoms with Crippen LogP contribution in [-0.4, -0.2) is 16.3 Å². The highest BCUT2D eigenvalue weighted by Crippen LogP contribution is 2.36. The van der Waals surface area contributed by atoms with E-state index in [-0.39, 0.29) is 6.79 Å². The van der Waals surface area contributed by atoms with Crippen molar-refractivity contribution in [3.63, 3.8) is 0 Å². The first kappa shape index (κ1) is 11.1. The summed E-state index contributed by atoms with van der Waals surface area (Å²) in [6, 6.07) is 5.89. The van der Waals surface area contributed by atoms with Gasteiger partial charge in [-0.05, 0) is 25.1 Å². The molecule has 1 aliphatic rings. The number of nitrogens with two attached hydrogens (primary N) is 1. The number of aromatic nitrogens is 2. The normalized spacial score (nSPS) is 13.1. The maximum atomic E-state index is 5.75. The lowest BCUT2D eigenvalue weighted by Crippen LogP contribution is -2.00. The monoisotopic (exact) mass is 245 g/mol. The topological polar surface area (TPSA) is 62.3 Å². The van der Waals surface area contributed by atoms with Crippen molar-refractivity contribution in [2.45, 2.75) is 13.5 Å². The molecule has 0 radical (unpaired) electrons. The minimum Gasteiger partial charge on any atom is -0.454 e. The molecule has 1 aliphatic heterocycles. The number of imidazole rings is 1. The van der Waals surface area contributed by atoms with Gasteiger partial charge in [-0.2, -0.15) is 0 Å². The number of fused-ring (bicyclic) bond motifs is 1. The molecule has 0 atom stereocenters. The summed E-state index contributed by atoms with van der Waals surface area (Å²) in [5, 5.41) is 0. The second-order valence-electron chi connectivity index (χ2n) is 4.29. The lowest BCUT2D eigenvalue weighted by molar-refractivity contribution is 0.174. The third-order valence-corrected chi connectivity index (χ3v) is 3.23. The van der Waals surface area contributed by atoms with E-state index < -0.39 is 0 Å². The zero-order chi connectivity index (χ0) is 12.7. The van der Waals surface area contributed by atoms with Crippen molar-refractivity contribution in [1.82, 2.24) is 9.55 Å². The molecule has 0 unspecified atom stereocenters. The fourth-order valence-electron chi connectivity index (χ4n) is 2.23. The summed E-state index contributed by atoms with van der Waals surface area (Å²) in [7, 11) is 1.99. The molecule has 0 aliphatic carbocycles. The van der Waals surface area contributed by atoms with E-state index in [1.807, 2.05) is 36.7 Å². The van der Waals surface area contributed by atoms with Crippen LogP contribution in [0.4, 0.5) is 0 Å². The number of rotatable bonds is 2. The van der Waals surface area contributed by atoms with Crippen LogP contribution in [0.2, 0.25) is 0 Å². The first-order valence-electron chi connectivity index (χ1n) is 5.83. The molecule has 2 aromatic rings. The second kappa shape index (κ2) is 4.03. The first-order chi connectivity index (χ1) is 8.70. The quantitative estimate of drug-likeness (QED) is 0.872. The average molecular weight is 245 g/mol. The SMILES string of the molecule is Cc1nc(CN)c(-c2ccc3c(c2)OCO3)n1C. The van der Waals surface area contributed by atoms with Crippen molar-refractivity contribution in [2.75, 3.05) is 6.79 Å². The largest absolute Gasteiger partial charge is 0.454 e. The van der Waals surface area contributed by atoms with E-state index in [1.54, 1.807) is 0 Å². The molecular weight excluding hydrogens is 230 g/mol. The zero-order valence-electron chi connectivity index (χ0n) is 10.4. The van der Waals surface area contributed by atoms with E-state index in [1.165, 1.54) is 0 Å². The van der Waals surface area contributed by atoms with Gasteiger partial charge in [0.05, 0.1) is 11.4 Å². The van der Waals surface area contributed by atoms with Crippen LogP contribution in [0.25, 0.3) is 11.3 Å². The van der Waals surface area contributed by atoms with Crippen molar-refractivity contribution < 1.29 is 9.47 Å². The van der Waals surface area contributed by atoms with Gasteiger partial charge in [0.25, 0.3) is 0 Å². The molecule has 0 spiro atoms. The van der Waals surface area contributed by atoms with Gasteiger partial charge in [-0.1, -0.05) is 0 Å². The number of nitrogens with zero attached hydrogens (tertiary/aromatic N) is 2. The molecule has 94 valence electrons. The van der Waals surface area contributed by atoms with Crippen LogP contribution < -0.4 is 15.2 Å². The molecule has 1 aromatic carbocycles. The third-order valence-electron chi connectivity index (χ3n) is 3.23. The number of benzene rings is 1. The van der Waals surface area contributed by atoms with Crippen LogP contribution in [0, 0.1) is 6.92 Å². The van der Waals surface area contributed by atoms with E-state index in [0.29, 0.717) is 6.54 Å². The predicted octanol–water partition coefficient (Wildman–Crippen LogP) is 1.58. The van der Waals surface area contributed by atoms with Crippen LogP contribution in [0.3, 0.4) is 0 Å². The Balaban J connectivity index is 2.15. The van der Waals surface area contributed by atoms with Gasteiger partial charge in [-0.3, -0.25) is 0 Å². The summed E-state index contributed by atoms with van der Waals surface area (Å²) in [6.45, 7) is 2.67. The highest BCUT2D eigenvalue weighted by molar-refractivity contribution is 5.67. The standard InChI is InChI=1S/C13H15N3O2/c1-8-15-10(6-14)13(16(8)2)9-3-4-11-12(5-9)18-7-17-11/h3-5H,6-7,14H2,1-2H3. The maximum absolute atomic E-state index is 5.75. The fourth-order valence-corrected chi connectivity index (χ4v) is 2.23. The Morgan fingerprint density at radius 2 is 2.11 bits per heavy atom. The fraction of sp³-hybridized carbons (Fsp3) is 0.308. The summed E-state index contributed by atoms with van der Waals surface area (Å²) in [5.41, 5.74) is 8.73. The van der Waals surface area contributed by atoms with E-state index in [9.17, 15) is 0 Å². The van der Waals surface area contributed by atoms with Crippen molar-refractivity contribution in [1.29, 1.82) is 0 Å². The number of aryl methyl sites for hydroxylation is 1. The van der Waals surface area contributed by atoms with Crippen molar-refractivity contribution in [2.24, 2.45) is 12.8 Å². The summed E-state index contributed by atoms with van der Waals surface area (Å²) < 4.78 is 12.8. The van der Waals surface area contributed by atoms with Gasteiger partial charge in [0, 0.05) is 19.2 Å². The van der Waals surface area contributed by atoms with Crippen LogP contribution >= 0.6 is 0 Å². The predicted molar refractivity (Wildman–Crippen MR) is 67.4 cm³/mol. The van der Waals surface area contributed by atoms with Crippen molar-refractivity contribution in [3.05, 3.63) is 29.7 Å². The number of hydrogen-bond acceptors (Lipinski definition) is 4. The van der Waals surface area contributed by atoms with E-state index in [2.05, 4.69) is 4.98 Å². The lowest BCUT2D eigenvalue weighted by Gasteiger charge is -2.07. The average Bonchev–Trinajstić information content (AvgIpc) is 2.94. The molecular formula is C13H15N3O2. The van der Waals surface area contributed by atoms with Crippen LogP contribution in [0.1, 0.15) is 11.5 Å². The number of hydrogen-bond donors (Lipinski definition) is 1. The van der Waals surface area contributed by atoms with Crippen LogP contribution in [0.15, 0.2) is 18.2 Å². The summed E-state index contributed by atoms with van der Waals surface area (Å²) in [6.07, 6.45) is 0. The number of ether oxygens (including phenoxy) is 2. The maximum Gasteiger partial charge on any atom is 0.231 e.